The van der Waals surface area contributed by atoms with Crippen LogP contribution in [0.1, 0.15) is 23.0 Å². The molecule has 0 saturated carbocycles. The van der Waals surface area contributed by atoms with Gasteiger partial charge in [0.1, 0.15) is 0 Å². The number of hydrogen-bond donors (Lipinski definition) is 1. The molecule has 2 amide bonds. The van der Waals surface area contributed by atoms with Gasteiger partial charge in [0.2, 0.25) is 0 Å². The average molecular weight is 365 g/mol. The summed E-state index contributed by atoms with van der Waals surface area (Å²) in [7, 11) is 1.92. The third-order valence-electron chi connectivity index (χ3n) is 5.16. The summed E-state index contributed by atoms with van der Waals surface area (Å²) in [5.41, 5.74) is 4.53. The molecular weight excluding hydrogens is 342 g/mol. The lowest BCUT2D eigenvalue weighted by Crippen LogP contribution is -2.45. The van der Waals surface area contributed by atoms with Gasteiger partial charge in [-0.15, -0.1) is 0 Å². The van der Waals surface area contributed by atoms with Gasteiger partial charge in [-0.3, -0.25) is 9.67 Å². The van der Waals surface area contributed by atoms with Gasteiger partial charge in [0, 0.05) is 36.4 Å². The molecule has 2 aromatic heterocycles. The minimum absolute atomic E-state index is 0.149. The first-order valence-corrected chi connectivity index (χ1v) is 9.05. The van der Waals surface area contributed by atoms with Crippen LogP contribution in [0, 0.1) is 13.8 Å². The normalized spacial score (nSPS) is 17.3. The molecule has 0 unspecified atom stereocenters. The summed E-state index contributed by atoms with van der Waals surface area (Å²) < 4.78 is 7.54. The molecule has 0 spiro atoms. The van der Waals surface area contributed by atoms with Crippen molar-refractivity contribution in [2.75, 3.05) is 25.1 Å². The van der Waals surface area contributed by atoms with E-state index in [4.69, 9.17) is 4.74 Å². The molecule has 1 saturated heterocycles. The fourth-order valence-corrected chi connectivity index (χ4v) is 3.75. The first-order valence-electron chi connectivity index (χ1n) is 9.05. The van der Waals surface area contributed by atoms with Crippen LogP contribution in [0.25, 0.3) is 10.9 Å². The Hall–Kier alpha value is -2.93. The van der Waals surface area contributed by atoms with Gasteiger partial charge in [0.25, 0.3) is 0 Å². The van der Waals surface area contributed by atoms with E-state index in [1.165, 1.54) is 0 Å². The van der Waals surface area contributed by atoms with Gasteiger partial charge in [-0.2, -0.15) is 5.10 Å². The second kappa shape index (κ2) is 7.00. The summed E-state index contributed by atoms with van der Waals surface area (Å²) in [6.07, 6.45) is 1.73. The van der Waals surface area contributed by atoms with Crippen molar-refractivity contribution in [1.82, 2.24) is 19.7 Å². The van der Waals surface area contributed by atoms with Gasteiger partial charge in [-0.1, -0.05) is 18.2 Å². The minimum atomic E-state index is -0.157. The monoisotopic (exact) mass is 365 g/mol. The van der Waals surface area contributed by atoms with Crippen LogP contribution in [-0.4, -0.2) is 45.5 Å². The number of aromatic nitrogens is 3. The van der Waals surface area contributed by atoms with Crippen LogP contribution >= 0.6 is 0 Å². The molecule has 1 aliphatic heterocycles. The van der Waals surface area contributed by atoms with Crippen molar-refractivity contribution in [1.29, 1.82) is 0 Å². The molecular formula is C20H23N5O2. The van der Waals surface area contributed by atoms with E-state index in [2.05, 4.69) is 15.4 Å². The van der Waals surface area contributed by atoms with Gasteiger partial charge in [-0.05, 0) is 26.0 Å². The maximum absolute atomic E-state index is 13.1. The maximum atomic E-state index is 13.1. The number of morpholine rings is 1. The zero-order chi connectivity index (χ0) is 19.0. The Morgan fingerprint density at radius 2 is 2.07 bits per heavy atom. The molecule has 0 aliphatic carbocycles. The van der Waals surface area contributed by atoms with Crippen molar-refractivity contribution in [2.24, 2.45) is 7.05 Å². The maximum Gasteiger partial charge on any atom is 0.322 e. The highest BCUT2D eigenvalue weighted by molar-refractivity contribution is 5.99. The van der Waals surface area contributed by atoms with E-state index in [9.17, 15) is 4.79 Å². The van der Waals surface area contributed by atoms with Crippen molar-refractivity contribution >= 4 is 22.6 Å². The lowest BCUT2D eigenvalue weighted by molar-refractivity contribution is 0.0143. The Bertz CT molecular complexity index is 992. The van der Waals surface area contributed by atoms with Crippen molar-refractivity contribution in [3.63, 3.8) is 0 Å². The SMILES string of the molecule is Cc1nn(C)c(C)c1[C@H]1COCCN1C(=O)Nc1cccc2cccnc12. The van der Waals surface area contributed by atoms with Gasteiger partial charge in [0.15, 0.2) is 0 Å². The van der Waals surface area contributed by atoms with Crippen LogP contribution in [0.15, 0.2) is 36.5 Å². The van der Waals surface area contributed by atoms with E-state index in [0.717, 1.165) is 27.9 Å². The van der Waals surface area contributed by atoms with Crippen LogP contribution in [0.3, 0.4) is 0 Å². The number of para-hydroxylation sites is 1. The van der Waals surface area contributed by atoms with Gasteiger partial charge in [0.05, 0.1) is 36.2 Å². The first kappa shape index (κ1) is 17.5. The number of nitrogens with zero attached hydrogens (tertiary/aromatic N) is 4. The molecule has 1 aliphatic rings. The van der Waals surface area contributed by atoms with E-state index >= 15 is 0 Å². The molecule has 3 heterocycles. The lowest BCUT2D eigenvalue weighted by atomic mass is 10.0. The van der Waals surface area contributed by atoms with Crippen molar-refractivity contribution in [3.05, 3.63) is 53.5 Å². The molecule has 1 fully saturated rings. The number of hydrogen-bond acceptors (Lipinski definition) is 4. The molecule has 7 nitrogen and oxygen atoms in total. The third-order valence-corrected chi connectivity index (χ3v) is 5.16. The highest BCUT2D eigenvalue weighted by atomic mass is 16.5. The zero-order valence-corrected chi connectivity index (χ0v) is 15.8. The van der Waals surface area contributed by atoms with Crippen molar-refractivity contribution < 1.29 is 9.53 Å². The largest absolute Gasteiger partial charge is 0.377 e. The Labute approximate surface area is 157 Å². The number of carbonyl (C=O) groups is 1. The van der Waals surface area contributed by atoms with Crippen molar-refractivity contribution in [3.8, 4) is 0 Å². The zero-order valence-electron chi connectivity index (χ0n) is 15.8. The van der Waals surface area contributed by atoms with E-state index < -0.39 is 0 Å². The molecule has 4 rings (SSSR count). The van der Waals surface area contributed by atoms with Crippen LogP contribution < -0.4 is 5.32 Å². The van der Waals surface area contributed by atoms with Gasteiger partial charge < -0.3 is 15.0 Å². The Kier molecular flexibility index (Phi) is 4.53. The summed E-state index contributed by atoms with van der Waals surface area (Å²) in [5, 5.41) is 8.53. The topological polar surface area (TPSA) is 72.3 Å². The smallest absolute Gasteiger partial charge is 0.322 e. The Balaban J connectivity index is 1.65. The molecule has 1 atom stereocenters. The number of ether oxygens (including phenoxy) is 1. The number of urea groups is 1. The standard InChI is InChI=1S/C20H23N5O2/c1-13-18(14(2)24(3)23-13)17-12-27-11-10-25(17)20(26)22-16-8-4-6-15-7-5-9-21-19(15)16/h4-9,17H,10-12H2,1-3H3,(H,22,26)/t17-/m1/s1. The summed E-state index contributed by atoms with van der Waals surface area (Å²) >= 11 is 0. The van der Waals surface area contributed by atoms with Crippen molar-refractivity contribution in [2.45, 2.75) is 19.9 Å². The van der Waals surface area contributed by atoms with E-state index in [0.29, 0.717) is 25.4 Å². The number of nitrogens with one attached hydrogen (secondary N) is 1. The molecule has 3 aromatic rings. The molecule has 27 heavy (non-hydrogen) atoms. The Morgan fingerprint density at radius 1 is 1.26 bits per heavy atom. The van der Waals surface area contributed by atoms with Gasteiger partial charge >= 0.3 is 6.03 Å². The average Bonchev–Trinajstić information content (AvgIpc) is 2.93. The van der Waals surface area contributed by atoms with Crippen LogP contribution in [0.5, 0.6) is 0 Å². The summed E-state index contributed by atoms with van der Waals surface area (Å²) in [4.78, 5) is 19.4. The molecule has 0 radical (unpaired) electrons. The van der Waals surface area contributed by atoms with E-state index in [-0.39, 0.29) is 12.1 Å². The summed E-state index contributed by atoms with van der Waals surface area (Å²) in [6, 6.07) is 9.35. The molecule has 1 aromatic carbocycles. The predicted molar refractivity (Wildman–Crippen MR) is 104 cm³/mol. The number of rotatable bonds is 2. The quantitative estimate of drug-likeness (QED) is 0.757. The van der Waals surface area contributed by atoms with Crippen LogP contribution in [0.4, 0.5) is 10.5 Å². The van der Waals surface area contributed by atoms with E-state index in [1.54, 1.807) is 6.20 Å². The predicted octanol–water partition coefficient (Wildman–Crippen LogP) is 3.19. The second-order valence-electron chi connectivity index (χ2n) is 6.80. The number of anilines is 1. The van der Waals surface area contributed by atoms with E-state index in [1.807, 2.05) is 60.8 Å². The molecule has 0 bridgehead atoms. The second-order valence-corrected chi connectivity index (χ2v) is 6.80. The molecule has 1 N–H and O–H groups in total. The summed E-state index contributed by atoms with van der Waals surface area (Å²) in [5.74, 6) is 0. The van der Waals surface area contributed by atoms with Crippen LogP contribution in [-0.2, 0) is 11.8 Å². The number of fused-ring (bicyclic) bond motifs is 1. The Morgan fingerprint density at radius 3 is 2.85 bits per heavy atom. The lowest BCUT2D eigenvalue weighted by Gasteiger charge is -2.36. The highest BCUT2D eigenvalue weighted by Gasteiger charge is 2.32. The summed E-state index contributed by atoms with van der Waals surface area (Å²) in [6.45, 7) is 5.52. The third kappa shape index (κ3) is 3.14. The molecule has 140 valence electrons. The molecule has 7 heteroatoms. The number of aryl methyl sites for hydroxylation is 2. The van der Waals surface area contributed by atoms with Gasteiger partial charge in [-0.25, -0.2) is 4.79 Å². The number of benzene rings is 1. The fourth-order valence-electron chi connectivity index (χ4n) is 3.75. The first-order chi connectivity index (χ1) is 13.1. The van der Waals surface area contributed by atoms with Crippen LogP contribution in [0.2, 0.25) is 0 Å². The number of amides is 2. The number of pyridine rings is 1. The number of carbonyl (C=O) groups excluding carboxylic acids is 1. The fraction of sp³-hybridized carbons (Fsp3) is 0.350. The minimum Gasteiger partial charge on any atom is -0.377 e. The highest BCUT2D eigenvalue weighted by Crippen LogP contribution is 2.30.